The van der Waals surface area contributed by atoms with Gasteiger partial charge in [-0.2, -0.15) is 0 Å². The molecule has 2 heterocycles. The fourth-order valence-corrected chi connectivity index (χ4v) is 1.74. The van der Waals surface area contributed by atoms with Crippen LogP contribution in [-0.4, -0.2) is 19.7 Å². The normalized spacial score (nSPS) is 10.6. The third-order valence-corrected chi connectivity index (χ3v) is 2.58. The first kappa shape index (κ1) is 8.37. The molecule has 13 heavy (non-hydrogen) atoms. The molecule has 0 amide bonds. The molecule has 0 saturated heterocycles. The molecule has 2 aromatic heterocycles. The van der Waals surface area contributed by atoms with Gasteiger partial charge in [0, 0.05) is 11.9 Å². The van der Waals surface area contributed by atoms with E-state index in [0.717, 1.165) is 23.1 Å². The Kier molecular flexibility index (Phi) is 2.10. The van der Waals surface area contributed by atoms with Gasteiger partial charge in [-0.25, -0.2) is 4.98 Å². The van der Waals surface area contributed by atoms with E-state index in [0.29, 0.717) is 0 Å². The van der Waals surface area contributed by atoms with Crippen LogP contribution in [0.15, 0.2) is 11.7 Å². The molecule has 0 aliphatic rings. The highest BCUT2D eigenvalue weighted by atomic mass is 32.1. The van der Waals surface area contributed by atoms with Crippen LogP contribution in [0.2, 0.25) is 0 Å². The molecule has 0 atom stereocenters. The molecule has 0 unspecified atom stereocenters. The summed E-state index contributed by atoms with van der Waals surface area (Å²) in [6.07, 6.45) is 1.73. The maximum atomic E-state index is 4.36. The van der Waals surface area contributed by atoms with Crippen LogP contribution in [-0.2, 0) is 6.54 Å². The smallest absolute Gasteiger partial charge is 0.183 e. The third kappa shape index (κ3) is 1.47. The first-order valence-corrected chi connectivity index (χ1v) is 4.99. The summed E-state index contributed by atoms with van der Waals surface area (Å²) >= 11 is 1.63. The molecule has 0 bridgehead atoms. The second-order valence-electron chi connectivity index (χ2n) is 2.69. The summed E-state index contributed by atoms with van der Waals surface area (Å²) in [4.78, 5) is 4.36. The zero-order valence-corrected chi connectivity index (χ0v) is 8.38. The summed E-state index contributed by atoms with van der Waals surface area (Å²) in [5, 5.41) is 10.9. The number of nitrogens with zero attached hydrogens (tertiary/aromatic N) is 4. The molecule has 5 heteroatoms. The largest absolute Gasteiger partial charge is 0.313 e. The zero-order chi connectivity index (χ0) is 9.26. The van der Waals surface area contributed by atoms with Gasteiger partial charge >= 0.3 is 0 Å². The van der Waals surface area contributed by atoms with Crippen molar-refractivity contribution in [2.45, 2.75) is 20.4 Å². The van der Waals surface area contributed by atoms with Crippen molar-refractivity contribution in [2.24, 2.45) is 0 Å². The lowest BCUT2D eigenvalue weighted by Crippen LogP contribution is -1.95. The maximum absolute atomic E-state index is 4.36. The number of aryl methyl sites for hydroxylation is 2. The van der Waals surface area contributed by atoms with Crippen LogP contribution in [0.3, 0.4) is 0 Å². The predicted octanol–water partition coefficient (Wildman–Crippen LogP) is 1.73. The van der Waals surface area contributed by atoms with E-state index in [1.807, 2.05) is 16.9 Å². The molecule has 0 aliphatic heterocycles. The lowest BCUT2D eigenvalue weighted by atomic mass is 10.4. The Morgan fingerprint density at radius 3 is 3.00 bits per heavy atom. The first-order valence-electron chi connectivity index (χ1n) is 4.11. The molecule has 0 saturated carbocycles. The van der Waals surface area contributed by atoms with Gasteiger partial charge in [0.05, 0.1) is 5.01 Å². The van der Waals surface area contributed by atoms with Crippen LogP contribution >= 0.6 is 11.3 Å². The summed E-state index contributed by atoms with van der Waals surface area (Å²) in [6.45, 7) is 4.92. The Labute approximate surface area is 80.3 Å². The number of hydrogen-bond donors (Lipinski definition) is 0. The van der Waals surface area contributed by atoms with E-state index in [-0.39, 0.29) is 0 Å². The molecule has 0 fully saturated rings. The molecule has 0 N–H and O–H groups in total. The van der Waals surface area contributed by atoms with Gasteiger partial charge in [0.25, 0.3) is 0 Å². The second kappa shape index (κ2) is 3.26. The highest BCUT2D eigenvalue weighted by molar-refractivity contribution is 7.09. The molecular formula is C8H10N4S. The van der Waals surface area contributed by atoms with Gasteiger partial charge in [0.2, 0.25) is 0 Å². The predicted molar refractivity (Wildman–Crippen MR) is 51.5 cm³/mol. The van der Waals surface area contributed by atoms with Gasteiger partial charge in [-0.15, -0.1) is 21.5 Å². The van der Waals surface area contributed by atoms with E-state index >= 15 is 0 Å². The molecular weight excluding hydrogens is 184 g/mol. The lowest BCUT2D eigenvalue weighted by Gasteiger charge is -1.97. The van der Waals surface area contributed by atoms with Crippen molar-refractivity contribution < 1.29 is 0 Å². The van der Waals surface area contributed by atoms with Crippen LogP contribution in [0.1, 0.15) is 11.9 Å². The first-order chi connectivity index (χ1) is 6.31. The molecule has 4 nitrogen and oxygen atoms in total. The fraction of sp³-hybridized carbons (Fsp3) is 0.375. The Morgan fingerprint density at radius 2 is 2.38 bits per heavy atom. The molecule has 2 aromatic rings. The maximum Gasteiger partial charge on any atom is 0.183 e. The van der Waals surface area contributed by atoms with E-state index in [4.69, 9.17) is 0 Å². The summed E-state index contributed by atoms with van der Waals surface area (Å²) in [5.74, 6) is 0.854. The monoisotopic (exact) mass is 194 g/mol. The van der Waals surface area contributed by atoms with Crippen molar-refractivity contribution in [2.75, 3.05) is 0 Å². The van der Waals surface area contributed by atoms with Crippen molar-refractivity contribution in [1.82, 2.24) is 19.7 Å². The summed E-state index contributed by atoms with van der Waals surface area (Å²) < 4.78 is 1.98. The summed E-state index contributed by atoms with van der Waals surface area (Å²) in [7, 11) is 0. The van der Waals surface area contributed by atoms with Crippen LogP contribution in [0.4, 0.5) is 0 Å². The minimum Gasteiger partial charge on any atom is -0.313 e. The summed E-state index contributed by atoms with van der Waals surface area (Å²) in [6, 6.07) is 0. The Hall–Kier alpha value is -1.23. The quantitative estimate of drug-likeness (QED) is 0.731. The van der Waals surface area contributed by atoms with Gasteiger partial charge in [-0.1, -0.05) is 0 Å². The van der Waals surface area contributed by atoms with Crippen LogP contribution < -0.4 is 0 Å². The number of aromatic nitrogens is 4. The molecule has 0 aliphatic carbocycles. The van der Waals surface area contributed by atoms with Gasteiger partial charge in [0.1, 0.15) is 12.0 Å². The average molecular weight is 194 g/mol. The molecule has 2 rings (SSSR count). The van der Waals surface area contributed by atoms with Crippen LogP contribution in [0, 0.1) is 6.92 Å². The molecule has 0 aromatic carbocycles. The van der Waals surface area contributed by atoms with E-state index in [1.54, 1.807) is 17.7 Å². The topological polar surface area (TPSA) is 43.6 Å². The van der Waals surface area contributed by atoms with E-state index < -0.39 is 0 Å². The van der Waals surface area contributed by atoms with E-state index in [2.05, 4.69) is 22.1 Å². The SMILES string of the molecule is CCn1cnnc1-c1csc(C)n1. The van der Waals surface area contributed by atoms with Crippen LogP contribution in [0.5, 0.6) is 0 Å². The fourth-order valence-electron chi connectivity index (χ4n) is 1.15. The Morgan fingerprint density at radius 1 is 1.54 bits per heavy atom. The number of rotatable bonds is 2. The van der Waals surface area contributed by atoms with Crippen molar-refractivity contribution in [3.63, 3.8) is 0 Å². The van der Waals surface area contributed by atoms with Gasteiger partial charge in [-0.05, 0) is 13.8 Å². The van der Waals surface area contributed by atoms with Crippen molar-refractivity contribution in [3.05, 3.63) is 16.7 Å². The van der Waals surface area contributed by atoms with Crippen molar-refractivity contribution >= 4 is 11.3 Å². The minimum absolute atomic E-state index is 0.854. The highest BCUT2D eigenvalue weighted by Gasteiger charge is 2.08. The minimum atomic E-state index is 0.854. The molecule has 68 valence electrons. The van der Waals surface area contributed by atoms with Gasteiger partial charge in [0.15, 0.2) is 5.82 Å². The summed E-state index contributed by atoms with van der Waals surface area (Å²) in [5.41, 5.74) is 0.918. The van der Waals surface area contributed by atoms with E-state index in [9.17, 15) is 0 Å². The Balaban J connectivity index is 2.45. The molecule has 0 spiro atoms. The van der Waals surface area contributed by atoms with Gasteiger partial charge < -0.3 is 4.57 Å². The van der Waals surface area contributed by atoms with Crippen molar-refractivity contribution in [1.29, 1.82) is 0 Å². The number of hydrogen-bond acceptors (Lipinski definition) is 4. The Bertz CT molecular complexity index is 404. The zero-order valence-electron chi connectivity index (χ0n) is 7.56. The van der Waals surface area contributed by atoms with E-state index in [1.165, 1.54) is 0 Å². The number of thiazole rings is 1. The third-order valence-electron chi connectivity index (χ3n) is 1.80. The standard InChI is InChI=1S/C8H10N4S/c1-3-12-5-9-11-8(12)7-4-13-6(2)10-7/h4-5H,3H2,1-2H3. The molecule has 0 radical (unpaired) electrons. The average Bonchev–Trinajstić information content (AvgIpc) is 2.71. The van der Waals surface area contributed by atoms with Gasteiger partial charge in [-0.3, -0.25) is 0 Å². The highest BCUT2D eigenvalue weighted by Crippen LogP contribution is 2.18. The lowest BCUT2D eigenvalue weighted by molar-refractivity contribution is 0.765. The van der Waals surface area contributed by atoms with Crippen LogP contribution in [0.25, 0.3) is 11.5 Å². The van der Waals surface area contributed by atoms with Crippen molar-refractivity contribution in [3.8, 4) is 11.5 Å². The second-order valence-corrected chi connectivity index (χ2v) is 3.75.